The molecule has 0 nitrogen and oxygen atoms in total. The summed E-state index contributed by atoms with van der Waals surface area (Å²) in [6.07, 6.45) is 35.9. The smallest absolute Gasteiger partial charge is 0.00962 e. The van der Waals surface area contributed by atoms with Crippen LogP contribution in [0.15, 0.2) is 84.9 Å². The number of hydrogen-bond acceptors (Lipinski definition) is 0. The molecule has 0 saturated heterocycles. The lowest BCUT2D eigenvalue weighted by Gasteiger charge is -2.30. The van der Waals surface area contributed by atoms with Crippen LogP contribution in [0.25, 0.3) is 33.4 Å². The van der Waals surface area contributed by atoms with E-state index in [1.807, 2.05) is 0 Å². The van der Waals surface area contributed by atoms with Gasteiger partial charge in [-0.15, -0.1) is 0 Å². The molecule has 4 saturated carbocycles. The van der Waals surface area contributed by atoms with Gasteiger partial charge in [-0.25, -0.2) is 0 Å². The van der Waals surface area contributed by atoms with Crippen LogP contribution >= 0.6 is 0 Å². The van der Waals surface area contributed by atoms with Gasteiger partial charge in [-0.05, 0) is 206 Å². The fourth-order valence-electron chi connectivity index (χ4n) is 13.5. The first-order valence-electron chi connectivity index (χ1n) is 27.0. The molecule has 0 aromatic heterocycles. The Bertz CT molecular complexity index is 1910. The summed E-state index contributed by atoms with van der Waals surface area (Å²) >= 11 is 0. The van der Waals surface area contributed by atoms with Crippen molar-refractivity contribution in [3.63, 3.8) is 0 Å². The van der Waals surface area contributed by atoms with Crippen LogP contribution in [0, 0.1) is 23.7 Å². The molecule has 0 bridgehead atoms. The van der Waals surface area contributed by atoms with Gasteiger partial charge in [0.05, 0.1) is 0 Å². The number of rotatable bonds is 17. The fraction of sp³-hybridized carbons (Fsp3) is 0.613. The van der Waals surface area contributed by atoms with Gasteiger partial charge in [0.2, 0.25) is 0 Å². The van der Waals surface area contributed by atoms with E-state index >= 15 is 0 Å². The fourth-order valence-corrected chi connectivity index (χ4v) is 13.5. The molecule has 4 aliphatic rings. The third-order valence-corrected chi connectivity index (χ3v) is 17.4. The lowest BCUT2D eigenvalue weighted by Crippen LogP contribution is -2.14. The molecule has 4 aromatic carbocycles. The van der Waals surface area contributed by atoms with Gasteiger partial charge in [0, 0.05) is 0 Å². The van der Waals surface area contributed by atoms with Crippen molar-refractivity contribution in [2.24, 2.45) is 23.7 Å². The summed E-state index contributed by atoms with van der Waals surface area (Å²) in [6.45, 7) is 9.44. The normalized spacial score (nSPS) is 27.0. The van der Waals surface area contributed by atoms with E-state index < -0.39 is 0 Å². The first-order chi connectivity index (χ1) is 30.5. The van der Waals surface area contributed by atoms with E-state index in [0.29, 0.717) is 11.8 Å². The second kappa shape index (κ2) is 22.7. The Balaban J connectivity index is 1.15. The summed E-state index contributed by atoms with van der Waals surface area (Å²) in [5.74, 6) is 6.54. The molecule has 4 fully saturated rings. The zero-order chi connectivity index (χ0) is 42.7. The molecule has 8 rings (SSSR count). The largest absolute Gasteiger partial charge is 0.0654 e. The van der Waals surface area contributed by atoms with Crippen molar-refractivity contribution in [1.29, 1.82) is 0 Å². The van der Waals surface area contributed by atoms with Crippen molar-refractivity contribution in [2.75, 3.05) is 0 Å². The molecule has 62 heavy (non-hydrogen) atoms. The predicted octanol–water partition coefficient (Wildman–Crippen LogP) is 19.8. The van der Waals surface area contributed by atoms with E-state index in [4.69, 9.17) is 0 Å². The van der Waals surface area contributed by atoms with Gasteiger partial charge < -0.3 is 0 Å². The Morgan fingerprint density at radius 1 is 0.290 bits per heavy atom. The first-order valence-corrected chi connectivity index (χ1v) is 27.0. The molecule has 0 radical (unpaired) electrons. The standard InChI is InChI=1S/C62H86/c1-5-9-10-14-48-21-29-54(30-22-48)58-40-42-60(56-37-33-52(34-38-56)50-25-17-46(12-7-3)18-26-50)62(44-58)61-43-57(53-27-19-47(13-8-4)20-28-53)39-41-59(61)55-35-31-51(32-36-55)49-23-15-45(11-6-2)16-24-49/h31-50,53-54H,5-30H2,1-4H3. The Hall–Kier alpha value is -3.12. The van der Waals surface area contributed by atoms with Crippen molar-refractivity contribution in [3.8, 4) is 33.4 Å². The molecule has 0 atom stereocenters. The van der Waals surface area contributed by atoms with Crippen LogP contribution in [-0.2, 0) is 0 Å². The number of unbranched alkanes of at least 4 members (excludes halogenated alkanes) is 2. The van der Waals surface area contributed by atoms with E-state index in [1.54, 1.807) is 22.3 Å². The molecule has 4 aliphatic carbocycles. The lowest BCUT2D eigenvalue weighted by molar-refractivity contribution is 0.303. The molecule has 0 heteroatoms. The topological polar surface area (TPSA) is 0 Å². The average Bonchev–Trinajstić information content (AvgIpc) is 3.33. The molecule has 0 heterocycles. The number of hydrogen-bond donors (Lipinski definition) is 0. The van der Waals surface area contributed by atoms with Gasteiger partial charge in [0.1, 0.15) is 0 Å². The van der Waals surface area contributed by atoms with Crippen molar-refractivity contribution in [2.45, 2.75) is 218 Å². The summed E-state index contributed by atoms with van der Waals surface area (Å²) in [5, 5.41) is 0. The third-order valence-electron chi connectivity index (χ3n) is 17.4. The third kappa shape index (κ3) is 11.4. The van der Waals surface area contributed by atoms with Crippen LogP contribution in [0.4, 0.5) is 0 Å². The van der Waals surface area contributed by atoms with E-state index in [0.717, 1.165) is 35.5 Å². The highest BCUT2D eigenvalue weighted by Crippen LogP contribution is 2.47. The second-order valence-corrected chi connectivity index (χ2v) is 21.6. The zero-order valence-corrected chi connectivity index (χ0v) is 40.1. The van der Waals surface area contributed by atoms with E-state index in [2.05, 4.69) is 113 Å². The Labute approximate surface area is 380 Å². The molecule has 0 unspecified atom stereocenters. The molecule has 334 valence electrons. The number of benzene rings is 4. The molecule has 0 N–H and O–H groups in total. The van der Waals surface area contributed by atoms with E-state index in [-0.39, 0.29) is 0 Å². The highest BCUT2D eigenvalue weighted by molar-refractivity contribution is 5.92. The van der Waals surface area contributed by atoms with Crippen LogP contribution < -0.4 is 0 Å². The summed E-state index contributed by atoms with van der Waals surface area (Å²) in [5.41, 5.74) is 14.9. The van der Waals surface area contributed by atoms with Crippen LogP contribution in [0.5, 0.6) is 0 Å². The van der Waals surface area contributed by atoms with Crippen molar-refractivity contribution in [1.82, 2.24) is 0 Å². The predicted molar refractivity (Wildman–Crippen MR) is 270 cm³/mol. The van der Waals surface area contributed by atoms with Crippen LogP contribution in [0.3, 0.4) is 0 Å². The summed E-state index contributed by atoms with van der Waals surface area (Å²) in [6, 6.07) is 35.6. The van der Waals surface area contributed by atoms with Gasteiger partial charge in [-0.1, -0.05) is 177 Å². The molecule has 0 spiro atoms. The van der Waals surface area contributed by atoms with Gasteiger partial charge in [-0.2, -0.15) is 0 Å². The Morgan fingerprint density at radius 2 is 0.597 bits per heavy atom. The Kier molecular flexibility index (Phi) is 16.6. The average molecular weight is 831 g/mol. The maximum atomic E-state index is 2.70. The highest BCUT2D eigenvalue weighted by Gasteiger charge is 2.28. The Morgan fingerprint density at radius 3 is 0.919 bits per heavy atom. The van der Waals surface area contributed by atoms with Gasteiger partial charge in [0.25, 0.3) is 0 Å². The summed E-state index contributed by atoms with van der Waals surface area (Å²) in [7, 11) is 0. The second-order valence-electron chi connectivity index (χ2n) is 21.6. The van der Waals surface area contributed by atoms with Gasteiger partial charge in [0.15, 0.2) is 0 Å². The summed E-state index contributed by atoms with van der Waals surface area (Å²) in [4.78, 5) is 0. The zero-order valence-electron chi connectivity index (χ0n) is 40.1. The molecule has 0 amide bonds. The molecule has 0 aliphatic heterocycles. The minimum absolute atomic E-state index is 0.669. The highest BCUT2D eigenvalue weighted by atomic mass is 14.3. The van der Waals surface area contributed by atoms with Crippen molar-refractivity contribution < 1.29 is 0 Å². The summed E-state index contributed by atoms with van der Waals surface area (Å²) < 4.78 is 0. The van der Waals surface area contributed by atoms with Gasteiger partial charge >= 0.3 is 0 Å². The molecule has 4 aromatic rings. The molecular formula is C62H86. The maximum absolute atomic E-state index is 2.70. The first kappa shape index (κ1) is 45.4. The minimum atomic E-state index is 0.669. The van der Waals surface area contributed by atoms with Crippen LogP contribution in [0.1, 0.15) is 241 Å². The van der Waals surface area contributed by atoms with Crippen LogP contribution in [-0.4, -0.2) is 0 Å². The van der Waals surface area contributed by atoms with Crippen LogP contribution in [0.2, 0.25) is 0 Å². The van der Waals surface area contributed by atoms with Crippen molar-refractivity contribution in [3.05, 3.63) is 107 Å². The monoisotopic (exact) mass is 831 g/mol. The maximum Gasteiger partial charge on any atom is -0.00962 e. The SMILES string of the molecule is CCCCCC1CCC(c2ccc(-c3ccc(C4CCC(CCC)CC4)cc3)c(-c3cc(C4CCC(CCC)CC4)ccc3-c3ccc(C4CCC(CCC)CC4)cc3)c2)CC1. The minimum Gasteiger partial charge on any atom is -0.0654 e. The molecular weight excluding hydrogens is 745 g/mol. The van der Waals surface area contributed by atoms with E-state index in [9.17, 15) is 0 Å². The van der Waals surface area contributed by atoms with Gasteiger partial charge in [-0.3, -0.25) is 0 Å². The van der Waals surface area contributed by atoms with Crippen molar-refractivity contribution >= 4 is 0 Å². The quantitative estimate of drug-likeness (QED) is 0.0930. The lowest BCUT2D eigenvalue weighted by atomic mass is 9.74. The van der Waals surface area contributed by atoms with E-state index in [1.165, 1.54) is 200 Å².